The summed E-state index contributed by atoms with van der Waals surface area (Å²) in [6.45, 7) is -0.498. The van der Waals surface area contributed by atoms with Crippen molar-refractivity contribution in [2.45, 2.75) is 6.10 Å². The van der Waals surface area contributed by atoms with E-state index in [9.17, 15) is 4.39 Å². The van der Waals surface area contributed by atoms with Gasteiger partial charge in [-0.15, -0.1) is 0 Å². The Morgan fingerprint density at radius 2 is 2.29 bits per heavy atom. The maximum absolute atomic E-state index is 11.9. The molecule has 0 fully saturated rings. The van der Waals surface area contributed by atoms with Crippen LogP contribution in [0.3, 0.4) is 0 Å². The van der Waals surface area contributed by atoms with E-state index in [0.717, 1.165) is 13.7 Å². The Bertz CT molecular complexity index is 311. The monoisotopic (exact) mass is 373 g/mol. The van der Waals surface area contributed by atoms with Crippen LogP contribution in [0.5, 0.6) is 0 Å². The second-order valence-electron chi connectivity index (χ2n) is 2.82. The van der Waals surface area contributed by atoms with Gasteiger partial charge in [-0.05, 0) is 56.7 Å². The minimum Gasteiger partial charge on any atom is -0.389 e. The molecule has 0 aliphatic rings. The molecule has 14 heavy (non-hydrogen) atoms. The predicted octanol–water partition coefficient (Wildman–Crippen LogP) is 2.80. The Kier molecular flexibility index (Phi) is 5.11. The van der Waals surface area contributed by atoms with Gasteiger partial charge in [0.2, 0.25) is 0 Å². The van der Waals surface area contributed by atoms with E-state index in [2.05, 4.69) is 43.8 Å². The third-order valence-corrected chi connectivity index (χ3v) is 3.98. The minimum absolute atomic E-state index is 0.226. The van der Waals surface area contributed by atoms with Crippen LogP contribution in [-0.4, -0.2) is 24.4 Å². The second-order valence-corrected chi connectivity index (χ2v) is 4.83. The van der Waals surface area contributed by atoms with Crippen LogP contribution >= 0.6 is 38.5 Å². The molecule has 0 radical (unpaired) electrons. The summed E-state index contributed by atoms with van der Waals surface area (Å²) in [6, 6.07) is 5.72. The highest BCUT2D eigenvalue weighted by atomic mass is 127. The Morgan fingerprint density at radius 1 is 1.57 bits per heavy atom. The average Bonchev–Trinajstić information content (AvgIpc) is 2.19. The molecule has 0 heterocycles. The fourth-order valence-electron chi connectivity index (χ4n) is 0.896. The summed E-state index contributed by atoms with van der Waals surface area (Å²) < 4.78 is 14.0. The molecule has 5 heteroatoms. The van der Waals surface area contributed by atoms with E-state index in [4.69, 9.17) is 5.11 Å². The summed E-state index contributed by atoms with van der Waals surface area (Å²) in [5.41, 5.74) is 0.866. The van der Waals surface area contributed by atoms with Crippen molar-refractivity contribution in [1.29, 1.82) is 0 Å². The molecule has 0 saturated heterocycles. The minimum atomic E-state index is -0.937. The van der Waals surface area contributed by atoms with E-state index >= 15 is 0 Å². The predicted molar refractivity (Wildman–Crippen MR) is 67.3 cm³/mol. The molecule has 0 aliphatic carbocycles. The van der Waals surface area contributed by atoms with E-state index in [1.807, 2.05) is 18.2 Å². The van der Waals surface area contributed by atoms with Gasteiger partial charge >= 0.3 is 0 Å². The fourth-order valence-corrected chi connectivity index (χ4v) is 1.61. The number of hydrogen-bond donors (Lipinski definition) is 2. The molecule has 0 aliphatic heterocycles. The summed E-state index contributed by atoms with van der Waals surface area (Å²) >= 11 is 5.59. The van der Waals surface area contributed by atoms with Crippen LogP contribution in [0.2, 0.25) is 0 Å². The summed E-state index contributed by atoms with van der Waals surface area (Å²) in [7, 11) is 0. The maximum atomic E-state index is 11.9. The van der Waals surface area contributed by atoms with E-state index in [0.29, 0.717) is 0 Å². The van der Waals surface area contributed by atoms with Crippen LogP contribution < -0.4 is 5.32 Å². The van der Waals surface area contributed by atoms with E-state index < -0.39 is 12.8 Å². The van der Waals surface area contributed by atoms with Crippen LogP contribution in [0.1, 0.15) is 0 Å². The summed E-state index contributed by atoms with van der Waals surface area (Å²) in [6.07, 6.45) is -0.937. The lowest BCUT2D eigenvalue weighted by Gasteiger charge is -2.10. The zero-order valence-electron chi connectivity index (χ0n) is 7.30. The smallest absolute Gasteiger partial charge is 0.117 e. The number of benzene rings is 1. The van der Waals surface area contributed by atoms with Gasteiger partial charge in [-0.3, -0.25) is 0 Å². The Balaban J connectivity index is 2.55. The molecular weight excluding hydrogens is 364 g/mol. The van der Waals surface area contributed by atoms with Crippen molar-refractivity contribution in [2.75, 3.05) is 18.5 Å². The molecule has 2 nitrogen and oxygen atoms in total. The topological polar surface area (TPSA) is 32.3 Å². The SMILES string of the molecule is OC(CF)CNc1ccc(I)c(Br)c1. The third kappa shape index (κ3) is 3.70. The molecule has 78 valence electrons. The number of anilines is 1. The lowest BCUT2D eigenvalue weighted by Crippen LogP contribution is -2.21. The van der Waals surface area contributed by atoms with Crippen LogP contribution in [0.25, 0.3) is 0 Å². The fraction of sp³-hybridized carbons (Fsp3) is 0.333. The number of aliphatic hydroxyl groups is 1. The van der Waals surface area contributed by atoms with Crippen molar-refractivity contribution in [2.24, 2.45) is 0 Å². The van der Waals surface area contributed by atoms with Crippen LogP contribution in [-0.2, 0) is 0 Å². The maximum Gasteiger partial charge on any atom is 0.117 e. The van der Waals surface area contributed by atoms with Crippen molar-refractivity contribution < 1.29 is 9.50 Å². The van der Waals surface area contributed by atoms with Crippen molar-refractivity contribution in [3.63, 3.8) is 0 Å². The number of nitrogens with one attached hydrogen (secondary N) is 1. The summed E-state index contributed by atoms with van der Waals surface area (Å²) in [5.74, 6) is 0. The van der Waals surface area contributed by atoms with Crippen LogP contribution in [0.4, 0.5) is 10.1 Å². The standard InChI is InChI=1S/C9H10BrFINO/c10-8-3-6(1-2-9(8)12)13-5-7(14)4-11/h1-3,7,13-14H,4-5H2. The van der Waals surface area contributed by atoms with Gasteiger partial charge in [0, 0.05) is 20.3 Å². The first-order valence-corrected chi connectivity index (χ1v) is 5.93. The van der Waals surface area contributed by atoms with Gasteiger partial charge in [-0.2, -0.15) is 0 Å². The lowest BCUT2D eigenvalue weighted by atomic mass is 10.3. The highest BCUT2D eigenvalue weighted by molar-refractivity contribution is 14.1. The van der Waals surface area contributed by atoms with Gasteiger partial charge in [0.1, 0.15) is 6.67 Å². The van der Waals surface area contributed by atoms with Gasteiger partial charge in [0.05, 0.1) is 6.10 Å². The number of rotatable bonds is 4. The molecule has 1 atom stereocenters. The molecular formula is C9H10BrFINO. The normalized spacial score (nSPS) is 12.6. The Morgan fingerprint density at radius 3 is 2.86 bits per heavy atom. The van der Waals surface area contributed by atoms with Gasteiger partial charge in [-0.25, -0.2) is 4.39 Å². The highest BCUT2D eigenvalue weighted by Crippen LogP contribution is 2.22. The highest BCUT2D eigenvalue weighted by Gasteiger charge is 2.03. The first-order valence-electron chi connectivity index (χ1n) is 4.06. The van der Waals surface area contributed by atoms with E-state index in [-0.39, 0.29) is 6.54 Å². The molecule has 0 bridgehead atoms. The number of alkyl halides is 1. The van der Waals surface area contributed by atoms with Crippen LogP contribution in [0.15, 0.2) is 22.7 Å². The molecule has 0 amide bonds. The van der Waals surface area contributed by atoms with Gasteiger partial charge < -0.3 is 10.4 Å². The lowest BCUT2D eigenvalue weighted by molar-refractivity contribution is 0.151. The first kappa shape index (κ1) is 12.2. The van der Waals surface area contributed by atoms with Crippen molar-refractivity contribution >= 4 is 44.2 Å². The molecule has 0 spiro atoms. The Hall–Kier alpha value is 0.120. The largest absolute Gasteiger partial charge is 0.389 e. The molecule has 1 aromatic carbocycles. The third-order valence-electron chi connectivity index (χ3n) is 1.64. The molecule has 1 rings (SSSR count). The quantitative estimate of drug-likeness (QED) is 0.795. The van der Waals surface area contributed by atoms with Crippen LogP contribution in [0, 0.1) is 3.57 Å². The second kappa shape index (κ2) is 5.87. The zero-order chi connectivity index (χ0) is 10.6. The summed E-state index contributed by atoms with van der Waals surface area (Å²) in [5, 5.41) is 11.9. The number of hydrogen-bond acceptors (Lipinski definition) is 2. The van der Waals surface area contributed by atoms with Crippen molar-refractivity contribution in [3.8, 4) is 0 Å². The summed E-state index contributed by atoms with van der Waals surface area (Å²) in [4.78, 5) is 0. The van der Waals surface area contributed by atoms with Gasteiger partial charge in [0.25, 0.3) is 0 Å². The Labute approximate surface area is 104 Å². The molecule has 2 N–H and O–H groups in total. The van der Waals surface area contributed by atoms with Gasteiger partial charge in [-0.1, -0.05) is 0 Å². The van der Waals surface area contributed by atoms with E-state index in [1.54, 1.807) is 0 Å². The molecule has 0 aromatic heterocycles. The number of halogens is 3. The average molecular weight is 374 g/mol. The van der Waals surface area contributed by atoms with Crippen molar-refractivity contribution in [1.82, 2.24) is 0 Å². The number of aliphatic hydroxyl groups excluding tert-OH is 1. The zero-order valence-corrected chi connectivity index (χ0v) is 11.0. The van der Waals surface area contributed by atoms with Crippen molar-refractivity contribution in [3.05, 3.63) is 26.2 Å². The molecule has 1 aromatic rings. The molecule has 1 unspecified atom stereocenters. The first-order chi connectivity index (χ1) is 6.63. The van der Waals surface area contributed by atoms with E-state index in [1.165, 1.54) is 0 Å². The van der Waals surface area contributed by atoms with Gasteiger partial charge in [0.15, 0.2) is 0 Å². The molecule has 0 saturated carbocycles.